The van der Waals surface area contributed by atoms with Crippen LogP contribution in [0, 0.1) is 11.3 Å². The summed E-state index contributed by atoms with van der Waals surface area (Å²) in [6, 6.07) is 0. The van der Waals surface area contributed by atoms with Crippen molar-refractivity contribution in [2.24, 2.45) is 11.3 Å². The molecule has 0 aliphatic heterocycles. The number of aldehydes is 1. The van der Waals surface area contributed by atoms with Crippen molar-refractivity contribution in [2.45, 2.75) is 33.1 Å². The molecule has 1 heteroatoms. The van der Waals surface area contributed by atoms with Crippen LogP contribution in [0.25, 0.3) is 0 Å². The van der Waals surface area contributed by atoms with Gasteiger partial charge in [-0.05, 0) is 24.7 Å². The first-order valence-electron chi connectivity index (χ1n) is 3.74. The van der Waals surface area contributed by atoms with Crippen molar-refractivity contribution >= 4 is 6.29 Å². The lowest BCUT2D eigenvalue weighted by Gasteiger charge is -2.07. The van der Waals surface area contributed by atoms with Gasteiger partial charge in [-0.1, -0.05) is 13.8 Å². The Morgan fingerprint density at radius 3 is 2.22 bits per heavy atom. The van der Waals surface area contributed by atoms with Crippen LogP contribution in [-0.4, -0.2) is 6.29 Å². The van der Waals surface area contributed by atoms with Crippen molar-refractivity contribution < 1.29 is 4.79 Å². The van der Waals surface area contributed by atoms with Gasteiger partial charge in [0.25, 0.3) is 0 Å². The molecule has 0 spiro atoms. The zero-order valence-electron chi connectivity index (χ0n) is 6.18. The van der Waals surface area contributed by atoms with Gasteiger partial charge in [0.15, 0.2) is 0 Å². The molecule has 0 radical (unpaired) electrons. The Bertz CT molecular complexity index is 114. The van der Waals surface area contributed by atoms with E-state index in [4.69, 9.17) is 0 Å². The molecule has 1 atom stereocenters. The van der Waals surface area contributed by atoms with Crippen molar-refractivity contribution in [3.63, 3.8) is 0 Å². The van der Waals surface area contributed by atoms with Gasteiger partial charge in [0.05, 0.1) is 0 Å². The van der Waals surface area contributed by atoms with Crippen LogP contribution in [0.2, 0.25) is 0 Å². The lowest BCUT2D eigenvalue weighted by atomic mass is 9.98. The van der Waals surface area contributed by atoms with Crippen molar-refractivity contribution in [1.29, 1.82) is 0 Å². The largest absolute Gasteiger partial charge is 0.303 e. The summed E-state index contributed by atoms with van der Waals surface area (Å²) in [5.74, 6) is 0.396. The molecule has 0 N–H and O–H groups in total. The number of hydrogen-bond donors (Lipinski definition) is 0. The summed E-state index contributed by atoms with van der Waals surface area (Å²) < 4.78 is 0. The zero-order valence-corrected chi connectivity index (χ0v) is 6.18. The Hall–Kier alpha value is -0.330. The minimum absolute atomic E-state index is 0.396. The Morgan fingerprint density at radius 2 is 2.11 bits per heavy atom. The van der Waals surface area contributed by atoms with Crippen LogP contribution in [0.5, 0.6) is 0 Å². The standard InChI is InChI=1S/C8H14O/c1-3-8(4-2)5-7(8)6-9/h6-7H,3-5H2,1-2H3. The molecule has 1 saturated carbocycles. The van der Waals surface area contributed by atoms with Crippen LogP contribution < -0.4 is 0 Å². The Balaban J connectivity index is 2.46. The van der Waals surface area contributed by atoms with Gasteiger partial charge < -0.3 is 4.79 Å². The fourth-order valence-electron chi connectivity index (χ4n) is 1.63. The SMILES string of the molecule is CCC1(CC)CC1C=O. The summed E-state index contributed by atoms with van der Waals surface area (Å²) in [5.41, 5.74) is 0.432. The van der Waals surface area contributed by atoms with Crippen molar-refractivity contribution in [1.82, 2.24) is 0 Å². The third-order valence-corrected chi connectivity index (χ3v) is 2.83. The van der Waals surface area contributed by atoms with Gasteiger partial charge >= 0.3 is 0 Å². The highest BCUT2D eigenvalue weighted by Crippen LogP contribution is 2.56. The predicted octanol–water partition coefficient (Wildman–Crippen LogP) is 2.01. The van der Waals surface area contributed by atoms with E-state index in [1.165, 1.54) is 12.8 Å². The van der Waals surface area contributed by atoms with E-state index in [0.29, 0.717) is 11.3 Å². The van der Waals surface area contributed by atoms with E-state index in [2.05, 4.69) is 13.8 Å². The first kappa shape index (κ1) is 6.79. The van der Waals surface area contributed by atoms with Crippen molar-refractivity contribution in [3.05, 3.63) is 0 Å². The van der Waals surface area contributed by atoms with Crippen LogP contribution in [0.4, 0.5) is 0 Å². The average Bonchev–Trinajstić information content (AvgIpc) is 2.63. The van der Waals surface area contributed by atoms with Crippen molar-refractivity contribution in [3.8, 4) is 0 Å². The zero-order chi connectivity index (χ0) is 6.91. The molecule has 1 fully saturated rings. The molecule has 9 heavy (non-hydrogen) atoms. The van der Waals surface area contributed by atoms with Gasteiger partial charge in [-0.25, -0.2) is 0 Å². The van der Waals surface area contributed by atoms with Crippen LogP contribution >= 0.6 is 0 Å². The maximum absolute atomic E-state index is 10.3. The average molecular weight is 126 g/mol. The summed E-state index contributed by atoms with van der Waals surface area (Å²) in [4.78, 5) is 10.3. The van der Waals surface area contributed by atoms with Gasteiger partial charge in [0, 0.05) is 5.92 Å². The monoisotopic (exact) mass is 126 g/mol. The van der Waals surface area contributed by atoms with Crippen molar-refractivity contribution in [2.75, 3.05) is 0 Å². The second-order valence-corrected chi connectivity index (χ2v) is 3.02. The van der Waals surface area contributed by atoms with E-state index in [-0.39, 0.29) is 0 Å². The van der Waals surface area contributed by atoms with Gasteiger partial charge in [-0.2, -0.15) is 0 Å². The van der Waals surface area contributed by atoms with Gasteiger partial charge in [0.1, 0.15) is 6.29 Å². The summed E-state index contributed by atoms with van der Waals surface area (Å²) in [5, 5.41) is 0. The number of carbonyl (C=O) groups is 1. The Kier molecular flexibility index (Phi) is 1.60. The van der Waals surface area contributed by atoms with E-state index >= 15 is 0 Å². The Morgan fingerprint density at radius 1 is 1.56 bits per heavy atom. The fraction of sp³-hybridized carbons (Fsp3) is 0.875. The third kappa shape index (κ3) is 0.887. The molecule has 0 amide bonds. The normalized spacial score (nSPS) is 29.8. The topological polar surface area (TPSA) is 17.1 Å². The summed E-state index contributed by atoms with van der Waals surface area (Å²) in [6.07, 6.45) is 4.61. The highest BCUT2D eigenvalue weighted by molar-refractivity contribution is 5.60. The van der Waals surface area contributed by atoms with E-state index in [1.807, 2.05) is 0 Å². The summed E-state index contributed by atoms with van der Waals surface area (Å²) in [7, 11) is 0. The summed E-state index contributed by atoms with van der Waals surface area (Å²) >= 11 is 0. The van der Waals surface area contributed by atoms with Crippen LogP contribution in [0.3, 0.4) is 0 Å². The molecular weight excluding hydrogens is 112 g/mol. The molecule has 52 valence electrons. The van der Waals surface area contributed by atoms with Gasteiger partial charge in [-0.15, -0.1) is 0 Å². The highest BCUT2D eigenvalue weighted by Gasteiger charge is 2.50. The van der Waals surface area contributed by atoms with E-state index < -0.39 is 0 Å². The van der Waals surface area contributed by atoms with Crippen LogP contribution in [0.1, 0.15) is 33.1 Å². The fourth-order valence-corrected chi connectivity index (χ4v) is 1.63. The molecular formula is C8H14O. The second kappa shape index (κ2) is 2.13. The summed E-state index contributed by atoms with van der Waals surface area (Å²) in [6.45, 7) is 4.35. The molecule has 1 nitrogen and oxygen atoms in total. The Labute approximate surface area is 56.4 Å². The van der Waals surface area contributed by atoms with Crippen LogP contribution in [0.15, 0.2) is 0 Å². The number of rotatable bonds is 3. The number of carbonyl (C=O) groups excluding carboxylic acids is 1. The second-order valence-electron chi connectivity index (χ2n) is 3.02. The highest BCUT2D eigenvalue weighted by atomic mass is 16.1. The quantitative estimate of drug-likeness (QED) is 0.529. The first-order valence-corrected chi connectivity index (χ1v) is 3.74. The van der Waals surface area contributed by atoms with Gasteiger partial charge in [-0.3, -0.25) is 0 Å². The lowest BCUT2D eigenvalue weighted by molar-refractivity contribution is -0.109. The molecule has 1 unspecified atom stereocenters. The maximum atomic E-state index is 10.3. The minimum atomic E-state index is 0.396. The lowest BCUT2D eigenvalue weighted by Crippen LogP contribution is -2.00. The first-order chi connectivity index (χ1) is 4.29. The van der Waals surface area contributed by atoms with E-state index in [0.717, 1.165) is 12.7 Å². The molecule has 0 bridgehead atoms. The smallest absolute Gasteiger partial charge is 0.123 e. The number of hydrogen-bond acceptors (Lipinski definition) is 1. The third-order valence-electron chi connectivity index (χ3n) is 2.83. The molecule has 0 aromatic heterocycles. The predicted molar refractivity (Wildman–Crippen MR) is 37.2 cm³/mol. The maximum Gasteiger partial charge on any atom is 0.123 e. The molecule has 0 heterocycles. The molecule has 1 aliphatic carbocycles. The van der Waals surface area contributed by atoms with E-state index in [1.54, 1.807) is 0 Å². The van der Waals surface area contributed by atoms with Gasteiger partial charge in [0.2, 0.25) is 0 Å². The molecule has 0 aromatic carbocycles. The molecule has 0 saturated heterocycles. The molecule has 0 aromatic rings. The molecule has 1 rings (SSSR count). The molecule has 1 aliphatic rings. The van der Waals surface area contributed by atoms with Crippen LogP contribution in [-0.2, 0) is 4.79 Å². The van der Waals surface area contributed by atoms with E-state index in [9.17, 15) is 4.79 Å². The minimum Gasteiger partial charge on any atom is -0.303 e.